The van der Waals surface area contributed by atoms with E-state index in [1.807, 2.05) is 18.2 Å². The van der Waals surface area contributed by atoms with Crippen LogP contribution in [-0.4, -0.2) is 38.2 Å². The molecule has 1 aliphatic rings. The number of hydrogen-bond donors (Lipinski definition) is 1. The molecule has 1 unspecified atom stereocenters. The second-order valence-corrected chi connectivity index (χ2v) is 4.71. The first-order valence-corrected chi connectivity index (χ1v) is 6.38. The molecule has 1 atom stereocenters. The molecule has 1 fully saturated rings. The summed E-state index contributed by atoms with van der Waals surface area (Å²) in [6, 6.07) is 8.74. The van der Waals surface area contributed by atoms with Crippen LogP contribution in [0.5, 0.6) is 5.75 Å². The molecule has 1 aliphatic heterocycles. The Labute approximate surface area is 104 Å². The van der Waals surface area contributed by atoms with Crippen molar-refractivity contribution < 1.29 is 4.74 Å². The summed E-state index contributed by atoms with van der Waals surface area (Å²) in [6.45, 7) is 2.22. The van der Waals surface area contributed by atoms with Crippen molar-refractivity contribution in [3.05, 3.63) is 24.3 Å². The molecule has 3 heteroatoms. The molecule has 0 spiro atoms. The minimum atomic E-state index is 0.647. The van der Waals surface area contributed by atoms with Gasteiger partial charge in [-0.2, -0.15) is 0 Å². The van der Waals surface area contributed by atoms with E-state index in [0.29, 0.717) is 6.04 Å². The number of para-hydroxylation sites is 2. The van der Waals surface area contributed by atoms with Gasteiger partial charge in [-0.1, -0.05) is 18.6 Å². The highest BCUT2D eigenvalue weighted by Crippen LogP contribution is 2.24. The lowest BCUT2D eigenvalue weighted by Crippen LogP contribution is -2.40. The molecule has 1 aromatic rings. The Morgan fingerprint density at radius 1 is 1.35 bits per heavy atom. The molecule has 1 aromatic carbocycles. The lowest BCUT2D eigenvalue weighted by Gasteiger charge is -2.32. The number of rotatable bonds is 4. The van der Waals surface area contributed by atoms with Gasteiger partial charge in [-0.25, -0.2) is 0 Å². The quantitative estimate of drug-likeness (QED) is 0.866. The van der Waals surface area contributed by atoms with Gasteiger partial charge in [0.2, 0.25) is 0 Å². The first kappa shape index (κ1) is 12.2. The Bertz CT molecular complexity index is 354. The van der Waals surface area contributed by atoms with E-state index in [9.17, 15) is 0 Å². The van der Waals surface area contributed by atoms with Crippen molar-refractivity contribution in [1.82, 2.24) is 4.90 Å². The molecule has 0 aromatic heterocycles. The summed E-state index contributed by atoms with van der Waals surface area (Å²) in [5.74, 6) is 0.922. The van der Waals surface area contributed by atoms with Crippen LogP contribution in [0.2, 0.25) is 0 Å². The maximum absolute atomic E-state index is 5.34. The van der Waals surface area contributed by atoms with Crippen LogP contribution in [0, 0.1) is 0 Å². The van der Waals surface area contributed by atoms with E-state index in [4.69, 9.17) is 4.74 Å². The summed E-state index contributed by atoms with van der Waals surface area (Å²) in [4.78, 5) is 2.45. The third kappa shape index (κ3) is 3.13. The molecule has 2 rings (SSSR count). The van der Waals surface area contributed by atoms with Crippen molar-refractivity contribution in [3.63, 3.8) is 0 Å². The molecule has 1 heterocycles. The summed E-state index contributed by atoms with van der Waals surface area (Å²) < 4.78 is 5.34. The Morgan fingerprint density at radius 3 is 2.94 bits per heavy atom. The summed E-state index contributed by atoms with van der Waals surface area (Å²) in [5.41, 5.74) is 1.09. The van der Waals surface area contributed by atoms with Crippen molar-refractivity contribution in [3.8, 4) is 5.75 Å². The minimum Gasteiger partial charge on any atom is -0.495 e. The third-order valence-corrected chi connectivity index (χ3v) is 3.56. The highest BCUT2D eigenvalue weighted by Gasteiger charge is 2.18. The zero-order valence-electron chi connectivity index (χ0n) is 10.8. The van der Waals surface area contributed by atoms with Crippen molar-refractivity contribution in [2.75, 3.05) is 32.6 Å². The van der Waals surface area contributed by atoms with Gasteiger partial charge in [-0.05, 0) is 38.6 Å². The number of hydrogen-bond acceptors (Lipinski definition) is 3. The lowest BCUT2D eigenvalue weighted by atomic mass is 10.0. The van der Waals surface area contributed by atoms with E-state index in [2.05, 4.69) is 23.3 Å². The number of nitrogens with zero attached hydrogens (tertiary/aromatic N) is 1. The monoisotopic (exact) mass is 234 g/mol. The predicted molar refractivity (Wildman–Crippen MR) is 71.8 cm³/mol. The first-order valence-electron chi connectivity index (χ1n) is 6.38. The van der Waals surface area contributed by atoms with Gasteiger partial charge >= 0.3 is 0 Å². The van der Waals surface area contributed by atoms with E-state index in [1.165, 1.54) is 25.8 Å². The van der Waals surface area contributed by atoms with E-state index in [1.54, 1.807) is 7.11 Å². The number of methoxy groups -OCH3 is 1. The zero-order valence-corrected chi connectivity index (χ0v) is 10.8. The second-order valence-electron chi connectivity index (χ2n) is 4.71. The predicted octanol–water partition coefficient (Wildman–Crippen LogP) is 2.59. The molecule has 0 amide bonds. The van der Waals surface area contributed by atoms with E-state index >= 15 is 0 Å². The maximum Gasteiger partial charge on any atom is 0.141 e. The molecular formula is C14H22N2O. The van der Waals surface area contributed by atoms with E-state index in [-0.39, 0.29) is 0 Å². The number of nitrogens with one attached hydrogen (secondary N) is 1. The van der Waals surface area contributed by atoms with Crippen molar-refractivity contribution in [2.45, 2.75) is 25.3 Å². The molecule has 0 aliphatic carbocycles. The maximum atomic E-state index is 5.34. The number of likely N-dealkylation sites (N-methyl/N-ethyl adjacent to an activating group) is 1. The van der Waals surface area contributed by atoms with Gasteiger partial charge in [0.15, 0.2) is 0 Å². The van der Waals surface area contributed by atoms with Gasteiger partial charge < -0.3 is 15.0 Å². The van der Waals surface area contributed by atoms with Crippen LogP contribution in [-0.2, 0) is 0 Å². The Kier molecular flexibility index (Phi) is 4.26. The fourth-order valence-electron chi connectivity index (χ4n) is 2.42. The highest BCUT2D eigenvalue weighted by molar-refractivity contribution is 5.56. The molecule has 0 saturated carbocycles. The average Bonchev–Trinajstić information content (AvgIpc) is 2.38. The molecule has 1 N–H and O–H groups in total. The Balaban J connectivity index is 1.92. The molecule has 3 nitrogen and oxygen atoms in total. The van der Waals surface area contributed by atoms with Crippen molar-refractivity contribution in [1.29, 1.82) is 0 Å². The van der Waals surface area contributed by atoms with E-state index in [0.717, 1.165) is 18.0 Å². The number of benzene rings is 1. The van der Waals surface area contributed by atoms with Gasteiger partial charge in [0.1, 0.15) is 5.75 Å². The third-order valence-electron chi connectivity index (χ3n) is 3.56. The summed E-state index contributed by atoms with van der Waals surface area (Å²) in [6.07, 6.45) is 3.98. The first-order chi connectivity index (χ1) is 8.31. The van der Waals surface area contributed by atoms with Crippen molar-refractivity contribution >= 4 is 5.69 Å². The highest BCUT2D eigenvalue weighted by atomic mass is 16.5. The average molecular weight is 234 g/mol. The molecule has 1 saturated heterocycles. The summed E-state index contributed by atoms with van der Waals surface area (Å²) >= 11 is 0. The van der Waals surface area contributed by atoms with Crippen LogP contribution in [0.1, 0.15) is 19.3 Å². The van der Waals surface area contributed by atoms with Crippen LogP contribution < -0.4 is 10.1 Å². The van der Waals surface area contributed by atoms with Crippen LogP contribution in [0.15, 0.2) is 24.3 Å². The van der Waals surface area contributed by atoms with Crippen LogP contribution >= 0.6 is 0 Å². The molecule has 17 heavy (non-hydrogen) atoms. The normalized spacial score (nSPS) is 21.2. The Hall–Kier alpha value is -1.22. The van der Waals surface area contributed by atoms with Gasteiger partial charge in [0, 0.05) is 12.6 Å². The lowest BCUT2D eigenvalue weighted by molar-refractivity contribution is 0.194. The SMILES string of the molecule is COc1ccccc1NCC1CCCCN1C. The summed E-state index contributed by atoms with van der Waals surface area (Å²) in [5, 5.41) is 3.50. The molecule has 0 radical (unpaired) electrons. The number of piperidine rings is 1. The molecule has 0 bridgehead atoms. The minimum absolute atomic E-state index is 0.647. The topological polar surface area (TPSA) is 24.5 Å². The van der Waals surface area contributed by atoms with Crippen LogP contribution in [0.25, 0.3) is 0 Å². The van der Waals surface area contributed by atoms with Crippen LogP contribution in [0.3, 0.4) is 0 Å². The standard InChI is InChI=1S/C14H22N2O/c1-16-10-6-5-7-12(16)11-15-13-8-3-4-9-14(13)17-2/h3-4,8-9,12,15H,5-7,10-11H2,1-2H3. The summed E-state index contributed by atoms with van der Waals surface area (Å²) in [7, 11) is 3.93. The van der Waals surface area contributed by atoms with Gasteiger partial charge in [-0.15, -0.1) is 0 Å². The zero-order chi connectivity index (χ0) is 12.1. The fraction of sp³-hybridized carbons (Fsp3) is 0.571. The number of anilines is 1. The molecular weight excluding hydrogens is 212 g/mol. The van der Waals surface area contributed by atoms with Gasteiger partial charge in [0.05, 0.1) is 12.8 Å². The van der Waals surface area contributed by atoms with Gasteiger partial charge in [0.25, 0.3) is 0 Å². The number of likely N-dealkylation sites (tertiary alicyclic amines) is 1. The molecule has 94 valence electrons. The van der Waals surface area contributed by atoms with E-state index < -0.39 is 0 Å². The largest absolute Gasteiger partial charge is 0.495 e. The van der Waals surface area contributed by atoms with Crippen LogP contribution in [0.4, 0.5) is 5.69 Å². The Morgan fingerprint density at radius 2 is 2.18 bits per heavy atom. The smallest absolute Gasteiger partial charge is 0.141 e. The van der Waals surface area contributed by atoms with Gasteiger partial charge in [-0.3, -0.25) is 0 Å². The second kappa shape index (κ2) is 5.92. The fourth-order valence-corrected chi connectivity index (χ4v) is 2.42. The van der Waals surface area contributed by atoms with Crippen molar-refractivity contribution in [2.24, 2.45) is 0 Å². The number of ether oxygens (including phenoxy) is 1.